The minimum absolute atomic E-state index is 0.146. The van der Waals surface area contributed by atoms with Crippen LogP contribution in [0.4, 0.5) is 0 Å². The topological polar surface area (TPSA) is 49.7 Å². The predicted molar refractivity (Wildman–Crippen MR) is 52.7 cm³/mol. The summed E-state index contributed by atoms with van der Waals surface area (Å²) in [6, 6.07) is 0. The van der Waals surface area contributed by atoms with Crippen molar-refractivity contribution in [2.24, 2.45) is 0 Å². The van der Waals surface area contributed by atoms with Crippen molar-refractivity contribution in [2.75, 3.05) is 6.61 Å². The van der Waals surface area contributed by atoms with Crippen LogP contribution in [0.3, 0.4) is 0 Å². The van der Waals surface area contributed by atoms with E-state index in [-0.39, 0.29) is 13.0 Å². The van der Waals surface area contributed by atoms with Crippen LogP contribution in [0.1, 0.15) is 34.1 Å². The maximum atomic E-state index is 9.41. The molecule has 0 aliphatic heterocycles. The molecule has 1 atom stereocenters. The molecule has 76 valence electrons. The Balaban J connectivity index is 3.70. The first-order valence-corrected chi connectivity index (χ1v) is 4.43. The number of aliphatic hydroxyl groups excluding tert-OH is 1. The molecule has 0 heterocycles. The normalized spacial score (nSPS) is 15.8. The summed E-state index contributed by atoms with van der Waals surface area (Å²) in [4.78, 5) is 0. The van der Waals surface area contributed by atoms with E-state index in [1.807, 2.05) is 0 Å². The van der Waals surface area contributed by atoms with Gasteiger partial charge >= 0.3 is 0 Å². The summed E-state index contributed by atoms with van der Waals surface area (Å²) in [5.74, 6) is 0. The van der Waals surface area contributed by atoms with Gasteiger partial charge in [0.05, 0.1) is 18.3 Å². The van der Waals surface area contributed by atoms with Crippen LogP contribution < -0.4 is 0 Å². The van der Waals surface area contributed by atoms with Gasteiger partial charge in [-0.1, -0.05) is 0 Å². The molecular formula is C9H19BO3. The molecule has 2 N–H and O–H groups in total. The molecule has 0 aliphatic rings. The van der Waals surface area contributed by atoms with E-state index >= 15 is 0 Å². The van der Waals surface area contributed by atoms with E-state index in [9.17, 15) is 10.2 Å². The van der Waals surface area contributed by atoms with Gasteiger partial charge < -0.3 is 14.9 Å². The predicted octanol–water partition coefficient (Wildman–Crippen LogP) is 0.429. The first kappa shape index (κ1) is 12.9. The average Bonchev–Trinajstić information content (AvgIpc) is 1.78. The fourth-order valence-corrected chi connectivity index (χ4v) is 0.947. The fraction of sp³-hybridized carbons (Fsp3) is 1.00. The van der Waals surface area contributed by atoms with Crippen molar-refractivity contribution in [3.63, 3.8) is 0 Å². The Hall–Kier alpha value is -0.0551. The summed E-state index contributed by atoms with van der Waals surface area (Å²) >= 11 is 0. The van der Waals surface area contributed by atoms with Crippen LogP contribution >= 0.6 is 0 Å². The van der Waals surface area contributed by atoms with E-state index in [0.717, 1.165) is 0 Å². The van der Waals surface area contributed by atoms with Gasteiger partial charge in [0.2, 0.25) is 0 Å². The maximum Gasteiger partial charge on any atom is 0.112 e. The lowest BCUT2D eigenvalue weighted by Gasteiger charge is -2.25. The molecule has 4 heteroatoms. The molecule has 0 aliphatic carbocycles. The molecule has 0 fully saturated rings. The summed E-state index contributed by atoms with van der Waals surface area (Å²) in [5.41, 5.74) is -1.61. The molecule has 0 saturated heterocycles. The highest BCUT2D eigenvalue weighted by molar-refractivity contribution is 6.13. The smallest absolute Gasteiger partial charge is 0.112 e. The number of hydrogen-bond donors (Lipinski definition) is 2. The van der Waals surface area contributed by atoms with Crippen molar-refractivity contribution < 1.29 is 14.9 Å². The average molecular weight is 186 g/mol. The van der Waals surface area contributed by atoms with Crippen molar-refractivity contribution in [1.29, 1.82) is 0 Å². The zero-order chi connectivity index (χ0) is 10.7. The highest BCUT2D eigenvalue weighted by Gasteiger charge is 2.20. The maximum absolute atomic E-state index is 9.41. The second-order valence-electron chi connectivity index (χ2n) is 4.58. The standard InChI is InChI=1S/C9H19BO3/c1-8(2,12)5-7(11)6-13-9(3,4)10/h7,11-12H,5-6H2,1-4H3. The molecule has 0 spiro atoms. The fourth-order valence-electron chi connectivity index (χ4n) is 0.947. The zero-order valence-electron chi connectivity index (χ0n) is 8.87. The third-order valence-corrected chi connectivity index (χ3v) is 1.38. The Morgan fingerprint density at radius 2 is 1.77 bits per heavy atom. The van der Waals surface area contributed by atoms with Gasteiger partial charge in [-0.25, -0.2) is 0 Å². The van der Waals surface area contributed by atoms with E-state index in [2.05, 4.69) is 0 Å². The molecule has 0 amide bonds. The molecule has 1 unspecified atom stereocenters. The van der Waals surface area contributed by atoms with Gasteiger partial charge in [-0.3, -0.25) is 0 Å². The summed E-state index contributed by atoms with van der Waals surface area (Å²) < 4.78 is 5.15. The monoisotopic (exact) mass is 186 g/mol. The number of rotatable bonds is 5. The second kappa shape index (κ2) is 4.44. The van der Waals surface area contributed by atoms with Crippen molar-refractivity contribution in [3.8, 4) is 0 Å². The third-order valence-electron chi connectivity index (χ3n) is 1.38. The highest BCUT2D eigenvalue weighted by atomic mass is 16.5. The number of ether oxygens (including phenoxy) is 1. The Morgan fingerprint density at radius 1 is 1.31 bits per heavy atom. The lowest BCUT2D eigenvalue weighted by Crippen LogP contribution is -2.33. The third kappa shape index (κ3) is 9.86. The molecule has 0 aromatic carbocycles. The van der Waals surface area contributed by atoms with E-state index in [4.69, 9.17) is 12.6 Å². The van der Waals surface area contributed by atoms with E-state index < -0.39 is 17.2 Å². The second-order valence-corrected chi connectivity index (χ2v) is 4.58. The van der Waals surface area contributed by atoms with Gasteiger partial charge in [0.15, 0.2) is 0 Å². The Kier molecular flexibility index (Phi) is 4.42. The van der Waals surface area contributed by atoms with Gasteiger partial charge in [-0.2, -0.15) is 0 Å². The molecule has 0 aromatic rings. The molecule has 0 saturated carbocycles. The summed E-state index contributed by atoms with van der Waals surface area (Å²) in [5, 5.41) is 18.8. The van der Waals surface area contributed by atoms with Gasteiger partial charge in [-0.05, 0) is 27.7 Å². The largest absolute Gasteiger partial charge is 0.391 e. The lowest BCUT2D eigenvalue weighted by molar-refractivity contribution is -0.0487. The summed E-state index contributed by atoms with van der Waals surface area (Å²) in [7, 11) is 5.55. The van der Waals surface area contributed by atoms with E-state index in [1.165, 1.54) is 0 Å². The quantitative estimate of drug-likeness (QED) is 0.612. The van der Waals surface area contributed by atoms with Gasteiger partial charge in [0.1, 0.15) is 7.85 Å². The van der Waals surface area contributed by atoms with Crippen LogP contribution in [0.2, 0.25) is 0 Å². The van der Waals surface area contributed by atoms with E-state index in [1.54, 1.807) is 27.7 Å². The van der Waals surface area contributed by atoms with Crippen LogP contribution in [0, 0.1) is 0 Å². The minimum Gasteiger partial charge on any atom is -0.391 e. The van der Waals surface area contributed by atoms with Crippen molar-refractivity contribution in [2.45, 2.75) is 51.3 Å². The Labute approximate surface area is 81.5 Å². The number of aliphatic hydroxyl groups is 2. The van der Waals surface area contributed by atoms with Crippen LogP contribution in [0.25, 0.3) is 0 Å². The first-order chi connectivity index (χ1) is 5.60. The first-order valence-electron chi connectivity index (χ1n) is 4.43. The van der Waals surface area contributed by atoms with Crippen LogP contribution in [-0.2, 0) is 4.74 Å². The minimum atomic E-state index is -0.873. The van der Waals surface area contributed by atoms with Crippen molar-refractivity contribution >= 4 is 7.85 Å². The highest BCUT2D eigenvalue weighted by Crippen LogP contribution is 2.12. The zero-order valence-corrected chi connectivity index (χ0v) is 8.87. The molecule has 0 bridgehead atoms. The van der Waals surface area contributed by atoms with Gasteiger partial charge in [-0.15, -0.1) is 0 Å². The van der Waals surface area contributed by atoms with Crippen LogP contribution in [0.5, 0.6) is 0 Å². The van der Waals surface area contributed by atoms with Crippen LogP contribution in [0.15, 0.2) is 0 Å². The molecule has 13 heavy (non-hydrogen) atoms. The van der Waals surface area contributed by atoms with E-state index in [0.29, 0.717) is 0 Å². The summed E-state index contributed by atoms with van der Waals surface area (Å²) in [6.07, 6.45) is -0.397. The lowest BCUT2D eigenvalue weighted by atomic mass is 9.86. The molecular weight excluding hydrogens is 167 g/mol. The van der Waals surface area contributed by atoms with Gasteiger partial charge in [0.25, 0.3) is 0 Å². The SMILES string of the molecule is [B]C(C)(C)OCC(O)CC(C)(C)O. The molecule has 0 rings (SSSR count). The molecule has 3 nitrogen and oxygen atoms in total. The number of hydrogen-bond acceptors (Lipinski definition) is 3. The van der Waals surface area contributed by atoms with Crippen molar-refractivity contribution in [1.82, 2.24) is 0 Å². The Morgan fingerprint density at radius 3 is 2.08 bits per heavy atom. The van der Waals surface area contributed by atoms with Gasteiger partial charge in [0, 0.05) is 11.9 Å². The van der Waals surface area contributed by atoms with Crippen molar-refractivity contribution in [3.05, 3.63) is 0 Å². The molecule has 2 radical (unpaired) electrons. The molecule has 0 aromatic heterocycles. The summed E-state index contributed by atoms with van der Waals surface area (Å²) in [6.45, 7) is 6.86. The van der Waals surface area contributed by atoms with Crippen LogP contribution in [-0.4, -0.2) is 41.9 Å². The Bertz CT molecular complexity index is 146.